The standard InChI is InChI=1S/C15H19ClN4O2/c1-19-9-10(16)7-13(19)15(21)18-11-4-6-22-14(8-11)12-3-5-17-20(12)2/h3,5,7,9,11,14H,4,6,8H2,1-2H3,(H,18,21)/t11-,14-/m0/s1. The molecule has 6 nitrogen and oxygen atoms in total. The van der Waals surface area contributed by atoms with E-state index in [1.165, 1.54) is 0 Å². The molecule has 1 saturated heterocycles. The molecule has 1 N–H and O–H groups in total. The zero-order chi connectivity index (χ0) is 15.7. The largest absolute Gasteiger partial charge is 0.372 e. The summed E-state index contributed by atoms with van der Waals surface area (Å²) in [5.74, 6) is -0.106. The summed E-state index contributed by atoms with van der Waals surface area (Å²) in [6, 6.07) is 3.70. The van der Waals surface area contributed by atoms with Gasteiger partial charge < -0.3 is 14.6 Å². The first-order valence-electron chi connectivity index (χ1n) is 7.27. The van der Waals surface area contributed by atoms with Crippen LogP contribution in [-0.2, 0) is 18.8 Å². The van der Waals surface area contributed by atoms with Gasteiger partial charge in [0.15, 0.2) is 0 Å². The number of halogens is 1. The van der Waals surface area contributed by atoms with Crippen molar-refractivity contribution in [3.8, 4) is 0 Å². The zero-order valence-electron chi connectivity index (χ0n) is 12.6. The van der Waals surface area contributed by atoms with E-state index in [4.69, 9.17) is 16.3 Å². The lowest BCUT2D eigenvalue weighted by molar-refractivity contribution is -0.00358. The fourth-order valence-corrected chi connectivity index (χ4v) is 3.09. The Hall–Kier alpha value is -1.79. The highest BCUT2D eigenvalue weighted by Crippen LogP contribution is 2.27. The molecule has 2 aromatic heterocycles. The second-order valence-corrected chi connectivity index (χ2v) is 6.02. The van der Waals surface area contributed by atoms with Crippen molar-refractivity contribution < 1.29 is 9.53 Å². The summed E-state index contributed by atoms with van der Waals surface area (Å²) in [5.41, 5.74) is 1.59. The third-order valence-corrected chi connectivity index (χ3v) is 4.22. The second kappa shape index (κ2) is 6.14. The molecule has 3 heterocycles. The van der Waals surface area contributed by atoms with Gasteiger partial charge in [-0.1, -0.05) is 11.6 Å². The summed E-state index contributed by atoms with van der Waals surface area (Å²) >= 11 is 5.93. The van der Waals surface area contributed by atoms with E-state index in [9.17, 15) is 4.79 Å². The van der Waals surface area contributed by atoms with Crippen LogP contribution in [0.1, 0.15) is 35.1 Å². The molecular weight excluding hydrogens is 304 g/mol. The lowest BCUT2D eigenvalue weighted by atomic mass is 10.0. The first-order chi connectivity index (χ1) is 10.5. The number of rotatable bonds is 3. The number of carbonyl (C=O) groups excluding carboxylic acids is 1. The Morgan fingerprint density at radius 2 is 2.32 bits per heavy atom. The van der Waals surface area contributed by atoms with Crippen LogP contribution in [-0.4, -0.2) is 32.9 Å². The lowest BCUT2D eigenvalue weighted by Crippen LogP contribution is -2.40. The van der Waals surface area contributed by atoms with Crippen LogP contribution in [0.2, 0.25) is 5.02 Å². The van der Waals surface area contributed by atoms with Gasteiger partial charge in [-0.3, -0.25) is 9.48 Å². The molecule has 118 valence electrons. The van der Waals surface area contributed by atoms with Crippen molar-refractivity contribution in [3.05, 3.63) is 40.9 Å². The van der Waals surface area contributed by atoms with Crippen molar-refractivity contribution in [1.82, 2.24) is 19.7 Å². The van der Waals surface area contributed by atoms with E-state index in [1.807, 2.05) is 24.8 Å². The lowest BCUT2D eigenvalue weighted by Gasteiger charge is -2.30. The van der Waals surface area contributed by atoms with E-state index in [-0.39, 0.29) is 18.1 Å². The fraction of sp³-hybridized carbons (Fsp3) is 0.467. The van der Waals surface area contributed by atoms with Crippen molar-refractivity contribution in [3.63, 3.8) is 0 Å². The molecule has 0 aliphatic carbocycles. The summed E-state index contributed by atoms with van der Waals surface area (Å²) in [4.78, 5) is 12.4. The monoisotopic (exact) mass is 322 g/mol. The van der Waals surface area contributed by atoms with E-state index >= 15 is 0 Å². The molecule has 0 bridgehead atoms. The molecule has 0 saturated carbocycles. The van der Waals surface area contributed by atoms with Gasteiger partial charge >= 0.3 is 0 Å². The van der Waals surface area contributed by atoms with E-state index < -0.39 is 0 Å². The highest BCUT2D eigenvalue weighted by atomic mass is 35.5. The molecule has 3 rings (SSSR count). The highest BCUT2D eigenvalue weighted by molar-refractivity contribution is 6.31. The topological polar surface area (TPSA) is 61.1 Å². The van der Waals surface area contributed by atoms with Crippen molar-refractivity contribution in [2.75, 3.05) is 6.61 Å². The van der Waals surface area contributed by atoms with Crippen molar-refractivity contribution in [2.45, 2.75) is 25.0 Å². The average Bonchev–Trinajstić information content (AvgIpc) is 3.04. The molecule has 0 aromatic carbocycles. The summed E-state index contributed by atoms with van der Waals surface area (Å²) in [5, 5.41) is 7.81. The van der Waals surface area contributed by atoms with Crippen LogP contribution < -0.4 is 5.32 Å². The molecular formula is C15H19ClN4O2. The van der Waals surface area contributed by atoms with Gasteiger partial charge in [-0.15, -0.1) is 0 Å². The molecule has 1 aliphatic heterocycles. The fourth-order valence-electron chi connectivity index (χ4n) is 2.84. The minimum atomic E-state index is -0.106. The minimum Gasteiger partial charge on any atom is -0.372 e. The Labute approximate surface area is 134 Å². The summed E-state index contributed by atoms with van der Waals surface area (Å²) in [6.45, 7) is 0.620. The zero-order valence-corrected chi connectivity index (χ0v) is 13.4. The van der Waals surface area contributed by atoms with Crippen LogP contribution in [0.25, 0.3) is 0 Å². The maximum atomic E-state index is 12.4. The Bertz CT molecular complexity index is 679. The predicted molar refractivity (Wildman–Crippen MR) is 82.8 cm³/mol. The third kappa shape index (κ3) is 3.03. The molecule has 1 amide bonds. The summed E-state index contributed by atoms with van der Waals surface area (Å²) < 4.78 is 9.35. The highest BCUT2D eigenvalue weighted by Gasteiger charge is 2.27. The first-order valence-corrected chi connectivity index (χ1v) is 7.64. The van der Waals surface area contributed by atoms with Gasteiger partial charge in [-0.25, -0.2) is 0 Å². The maximum Gasteiger partial charge on any atom is 0.268 e. The van der Waals surface area contributed by atoms with Crippen LogP contribution in [0.4, 0.5) is 0 Å². The number of hydrogen-bond acceptors (Lipinski definition) is 3. The van der Waals surface area contributed by atoms with Crippen molar-refractivity contribution >= 4 is 17.5 Å². The predicted octanol–water partition coefficient (Wildman–Crippen LogP) is 2.06. The van der Waals surface area contributed by atoms with E-state index in [1.54, 1.807) is 23.0 Å². The smallest absolute Gasteiger partial charge is 0.268 e. The van der Waals surface area contributed by atoms with Crippen molar-refractivity contribution in [1.29, 1.82) is 0 Å². The minimum absolute atomic E-state index is 0.0384. The van der Waals surface area contributed by atoms with Crippen LogP contribution in [0.3, 0.4) is 0 Å². The van der Waals surface area contributed by atoms with Gasteiger partial charge in [0, 0.05) is 39.1 Å². The number of aromatic nitrogens is 3. The number of aryl methyl sites for hydroxylation is 2. The molecule has 2 aromatic rings. The Morgan fingerprint density at radius 1 is 1.50 bits per heavy atom. The molecule has 1 fully saturated rings. The quantitative estimate of drug-likeness (QED) is 0.941. The Balaban J connectivity index is 1.67. The van der Waals surface area contributed by atoms with Gasteiger partial charge in [0.2, 0.25) is 0 Å². The number of ether oxygens (including phenoxy) is 1. The number of nitrogens with one attached hydrogen (secondary N) is 1. The molecule has 0 spiro atoms. The first kappa shape index (κ1) is 15.1. The van der Waals surface area contributed by atoms with E-state index in [2.05, 4.69) is 10.4 Å². The summed E-state index contributed by atoms with van der Waals surface area (Å²) in [6.07, 6.45) is 4.98. The number of hydrogen-bond donors (Lipinski definition) is 1. The number of carbonyl (C=O) groups is 1. The SMILES string of the molecule is Cn1cc(Cl)cc1C(=O)N[C@H]1CCO[C@H](c2ccnn2C)C1. The number of nitrogens with zero attached hydrogens (tertiary/aromatic N) is 3. The van der Waals surface area contributed by atoms with Crippen molar-refractivity contribution in [2.24, 2.45) is 14.1 Å². The van der Waals surface area contributed by atoms with Crippen LogP contribution in [0, 0.1) is 0 Å². The maximum absolute atomic E-state index is 12.4. The van der Waals surface area contributed by atoms with Crippen LogP contribution in [0.15, 0.2) is 24.5 Å². The van der Waals surface area contributed by atoms with Gasteiger partial charge in [0.25, 0.3) is 5.91 Å². The van der Waals surface area contributed by atoms with Gasteiger partial charge in [0.05, 0.1) is 10.7 Å². The summed E-state index contributed by atoms with van der Waals surface area (Å²) in [7, 11) is 3.70. The Morgan fingerprint density at radius 3 is 2.95 bits per heavy atom. The molecule has 22 heavy (non-hydrogen) atoms. The second-order valence-electron chi connectivity index (χ2n) is 5.59. The van der Waals surface area contributed by atoms with Gasteiger partial charge in [-0.2, -0.15) is 5.10 Å². The van der Waals surface area contributed by atoms with Gasteiger partial charge in [0.1, 0.15) is 11.8 Å². The molecule has 7 heteroatoms. The number of amides is 1. The van der Waals surface area contributed by atoms with Crippen LogP contribution >= 0.6 is 11.6 Å². The normalized spacial score (nSPS) is 21.8. The molecule has 0 unspecified atom stereocenters. The third-order valence-electron chi connectivity index (χ3n) is 4.01. The van der Waals surface area contributed by atoms with E-state index in [0.717, 1.165) is 18.5 Å². The average molecular weight is 323 g/mol. The Kier molecular flexibility index (Phi) is 4.22. The molecule has 2 atom stereocenters. The molecule has 0 radical (unpaired) electrons. The van der Waals surface area contributed by atoms with Gasteiger partial charge in [-0.05, 0) is 25.0 Å². The van der Waals surface area contributed by atoms with E-state index in [0.29, 0.717) is 17.3 Å². The van der Waals surface area contributed by atoms with Crippen LogP contribution in [0.5, 0.6) is 0 Å². The molecule has 1 aliphatic rings.